The number of allylic oxidation sites excluding steroid dienone is 2. The predicted octanol–water partition coefficient (Wildman–Crippen LogP) is 2.97. The highest BCUT2D eigenvalue weighted by Crippen LogP contribution is 2.32. The fraction of sp³-hybridized carbons (Fsp3) is 0.750. The topological polar surface area (TPSA) is 26.3 Å². The van der Waals surface area contributed by atoms with E-state index in [0.29, 0.717) is 32.9 Å². The summed E-state index contributed by atoms with van der Waals surface area (Å²) in [5, 5.41) is 0. The summed E-state index contributed by atoms with van der Waals surface area (Å²) in [7, 11) is 0.701. The van der Waals surface area contributed by atoms with Gasteiger partial charge in [0.2, 0.25) is 0 Å². The van der Waals surface area contributed by atoms with Crippen molar-refractivity contribution in [3.63, 3.8) is 0 Å². The van der Waals surface area contributed by atoms with Gasteiger partial charge < -0.3 is 4.74 Å². The highest BCUT2D eigenvalue weighted by molar-refractivity contribution is 7.40. The van der Waals surface area contributed by atoms with Crippen molar-refractivity contribution < 1.29 is 9.53 Å². The fourth-order valence-electron chi connectivity index (χ4n) is 1.86. The van der Waals surface area contributed by atoms with E-state index < -0.39 is 0 Å². The normalized spacial score (nSPS) is 23.2. The van der Waals surface area contributed by atoms with Crippen molar-refractivity contribution in [2.45, 2.75) is 38.8 Å². The highest BCUT2D eigenvalue weighted by Gasteiger charge is 2.17. The molecule has 0 fully saturated rings. The molecule has 0 saturated carbocycles. The lowest BCUT2D eigenvalue weighted by Crippen LogP contribution is -2.15. The van der Waals surface area contributed by atoms with Crippen molar-refractivity contribution in [2.75, 3.05) is 12.8 Å². The Hall–Kier alpha value is -0.360. The van der Waals surface area contributed by atoms with E-state index >= 15 is 0 Å². The predicted molar refractivity (Wildman–Crippen MR) is 65.8 cm³/mol. The molecule has 2 nitrogen and oxygen atoms in total. The van der Waals surface area contributed by atoms with Gasteiger partial charge in [-0.25, -0.2) is 0 Å². The van der Waals surface area contributed by atoms with Gasteiger partial charge in [0.15, 0.2) is 0 Å². The Bertz CT molecular complexity index is 226. The van der Waals surface area contributed by atoms with Gasteiger partial charge in [0, 0.05) is 0 Å². The molecule has 1 rings (SSSR count). The monoisotopic (exact) mass is 228 g/mol. The van der Waals surface area contributed by atoms with Crippen LogP contribution in [-0.4, -0.2) is 24.4 Å². The second-order valence-corrected chi connectivity index (χ2v) is 5.67. The molecule has 0 spiro atoms. The Morgan fingerprint density at radius 1 is 1.67 bits per heavy atom. The quantitative estimate of drug-likeness (QED) is 0.411. The van der Waals surface area contributed by atoms with Crippen LogP contribution in [0.2, 0.25) is 0 Å². The maximum atomic E-state index is 11.2. The number of hydrogen-bond donors (Lipinski definition) is 0. The molecule has 0 saturated heterocycles. The third-order valence-electron chi connectivity index (χ3n) is 2.81. The lowest BCUT2D eigenvalue weighted by molar-refractivity contribution is -0.139. The molecule has 1 aliphatic carbocycles. The Kier molecular flexibility index (Phi) is 5.93. The van der Waals surface area contributed by atoms with Crippen molar-refractivity contribution in [2.24, 2.45) is 5.92 Å². The number of ether oxygens (including phenoxy) is 1. The van der Waals surface area contributed by atoms with Crippen LogP contribution in [0.15, 0.2) is 12.2 Å². The molecule has 3 atom stereocenters. The van der Waals surface area contributed by atoms with E-state index in [1.54, 1.807) is 0 Å². The summed E-state index contributed by atoms with van der Waals surface area (Å²) < 4.78 is 4.93. The molecule has 1 aliphatic rings. The molecular weight excluding hydrogens is 207 g/mol. The first-order chi connectivity index (χ1) is 7.24. The minimum absolute atomic E-state index is 0.0394. The van der Waals surface area contributed by atoms with Crippen LogP contribution < -0.4 is 0 Å². The lowest BCUT2D eigenvalue weighted by Gasteiger charge is -2.23. The van der Waals surface area contributed by atoms with E-state index in [2.05, 4.69) is 19.1 Å². The van der Waals surface area contributed by atoms with E-state index in [9.17, 15) is 4.79 Å². The third kappa shape index (κ3) is 4.79. The molecule has 0 N–H and O–H groups in total. The van der Waals surface area contributed by atoms with Crippen molar-refractivity contribution >= 4 is 14.6 Å². The van der Waals surface area contributed by atoms with E-state index in [0.717, 1.165) is 0 Å². The molecule has 3 unspecified atom stereocenters. The van der Waals surface area contributed by atoms with Crippen LogP contribution in [0.25, 0.3) is 0 Å². The number of hydrogen-bond acceptors (Lipinski definition) is 2. The molecule has 86 valence electrons. The van der Waals surface area contributed by atoms with E-state index in [4.69, 9.17) is 4.74 Å². The average molecular weight is 228 g/mol. The maximum absolute atomic E-state index is 11.2. The summed E-state index contributed by atoms with van der Waals surface area (Å²) in [6, 6.07) is 0. The summed E-state index contributed by atoms with van der Waals surface area (Å²) in [6.45, 7) is 4.60. The molecule has 0 heterocycles. The second-order valence-electron chi connectivity index (χ2n) is 4.00. The second kappa shape index (κ2) is 7.00. The first kappa shape index (κ1) is 12.7. The Morgan fingerprint density at radius 2 is 2.47 bits per heavy atom. The first-order valence-electron chi connectivity index (χ1n) is 5.79. The molecule has 0 aliphatic heterocycles. The number of esters is 1. The summed E-state index contributed by atoms with van der Waals surface area (Å²) in [5.74, 6) is 0.647. The molecule has 0 amide bonds. The molecule has 0 bridgehead atoms. The van der Waals surface area contributed by atoms with Gasteiger partial charge in [-0.1, -0.05) is 19.1 Å². The van der Waals surface area contributed by atoms with Crippen molar-refractivity contribution in [1.82, 2.24) is 0 Å². The Balaban J connectivity index is 2.22. The van der Waals surface area contributed by atoms with E-state index in [-0.39, 0.29) is 5.97 Å². The van der Waals surface area contributed by atoms with Crippen molar-refractivity contribution in [1.29, 1.82) is 0 Å². The smallest absolute Gasteiger partial charge is 0.309 e. The SMILES string of the molecule is CCOC(=O)CPC(C)C1C=CCCC1. The Morgan fingerprint density at radius 3 is 3.07 bits per heavy atom. The van der Waals surface area contributed by atoms with Crippen LogP contribution >= 0.6 is 8.58 Å². The number of rotatable bonds is 5. The van der Waals surface area contributed by atoms with Crippen molar-refractivity contribution in [3.8, 4) is 0 Å². The molecule has 15 heavy (non-hydrogen) atoms. The van der Waals surface area contributed by atoms with Gasteiger partial charge in [-0.15, -0.1) is 8.58 Å². The van der Waals surface area contributed by atoms with Crippen LogP contribution in [0.4, 0.5) is 0 Å². The summed E-state index contributed by atoms with van der Waals surface area (Å²) >= 11 is 0. The molecule has 3 heteroatoms. The number of carbonyl (C=O) groups is 1. The molecule has 0 aromatic rings. The van der Waals surface area contributed by atoms with E-state index in [1.807, 2.05) is 6.92 Å². The van der Waals surface area contributed by atoms with Crippen LogP contribution in [0.1, 0.15) is 33.1 Å². The average Bonchev–Trinajstić information content (AvgIpc) is 2.27. The van der Waals surface area contributed by atoms with Crippen LogP contribution in [0.3, 0.4) is 0 Å². The zero-order chi connectivity index (χ0) is 11.1. The van der Waals surface area contributed by atoms with Crippen LogP contribution in [0, 0.1) is 5.92 Å². The summed E-state index contributed by atoms with van der Waals surface area (Å²) in [6.07, 6.45) is 9.01. The zero-order valence-corrected chi connectivity index (χ0v) is 10.7. The largest absolute Gasteiger partial charge is 0.466 e. The van der Waals surface area contributed by atoms with Gasteiger partial charge in [0.25, 0.3) is 0 Å². The van der Waals surface area contributed by atoms with E-state index in [1.165, 1.54) is 19.3 Å². The van der Waals surface area contributed by atoms with Gasteiger partial charge in [-0.3, -0.25) is 4.79 Å². The fourth-order valence-corrected chi connectivity index (χ4v) is 3.03. The minimum atomic E-state index is -0.0394. The van der Waals surface area contributed by atoms with Gasteiger partial charge in [0.05, 0.1) is 12.8 Å². The third-order valence-corrected chi connectivity index (χ3v) is 4.37. The molecule has 0 radical (unpaired) electrons. The van der Waals surface area contributed by atoms with Crippen LogP contribution in [0.5, 0.6) is 0 Å². The minimum Gasteiger partial charge on any atom is -0.466 e. The summed E-state index contributed by atoms with van der Waals surface area (Å²) in [5.41, 5.74) is 0.631. The van der Waals surface area contributed by atoms with Gasteiger partial charge in [0.1, 0.15) is 0 Å². The van der Waals surface area contributed by atoms with Gasteiger partial charge in [-0.05, 0) is 37.8 Å². The lowest BCUT2D eigenvalue weighted by atomic mass is 9.93. The molecular formula is C12H21O2P. The van der Waals surface area contributed by atoms with Gasteiger partial charge >= 0.3 is 5.97 Å². The zero-order valence-electron chi connectivity index (χ0n) is 9.66. The molecule has 0 aromatic carbocycles. The first-order valence-corrected chi connectivity index (χ1v) is 7.08. The maximum Gasteiger partial charge on any atom is 0.309 e. The highest BCUT2D eigenvalue weighted by atomic mass is 31.1. The molecule has 0 aromatic heterocycles. The van der Waals surface area contributed by atoms with Crippen LogP contribution in [-0.2, 0) is 9.53 Å². The summed E-state index contributed by atoms with van der Waals surface area (Å²) in [4.78, 5) is 11.2. The number of carbonyl (C=O) groups excluding carboxylic acids is 1. The van der Waals surface area contributed by atoms with Gasteiger partial charge in [-0.2, -0.15) is 0 Å². The van der Waals surface area contributed by atoms with Crippen molar-refractivity contribution in [3.05, 3.63) is 12.2 Å². The Labute approximate surface area is 94.2 Å². The standard InChI is InChI=1S/C12H21O2P/c1-3-14-12(13)9-15-10(2)11-7-5-4-6-8-11/h5,7,10-11,15H,3-4,6,8-9H2,1-2H3.